The van der Waals surface area contributed by atoms with E-state index in [1.54, 1.807) is 12.2 Å². The largest absolute Gasteiger partial charge is 0.393 e. The molecule has 4 heteroatoms. The molecule has 3 nitrogen and oxygen atoms in total. The first-order chi connectivity index (χ1) is 12.6. The monoisotopic (exact) mass is 390 g/mol. The lowest BCUT2D eigenvalue weighted by atomic mass is 9.45. The number of Topliss-reactive ketones (excluding diaryl/α,β-unsaturated/α-hetero) is 1. The van der Waals surface area contributed by atoms with E-state index in [4.69, 9.17) is 11.6 Å². The number of halogens is 1. The molecular weight excluding hydrogens is 360 g/mol. The first-order valence-corrected chi connectivity index (χ1v) is 10.8. The van der Waals surface area contributed by atoms with Crippen molar-refractivity contribution in [3.8, 4) is 0 Å². The van der Waals surface area contributed by atoms with Crippen molar-refractivity contribution in [2.24, 2.45) is 39.9 Å². The molecule has 8 atom stereocenters. The molecule has 0 radical (unpaired) electrons. The molecule has 0 amide bonds. The van der Waals surface area contributed by atoms with Crippen molar-refractivity contribution in [3.05, 3.63) is 23.8 Å². The predicted octanol–water partition coefficient (Wildman–Crippen LogP) is 4.33. The van der Waals surface area contributed by atoms with Gasteiger partial charge in [-0.2, -0.15) is 0 Å². The number of hydrogen-bond donors (Lipinski definition) is 1. The number of carbonyl (C=O) groups excluding carboxylic acids is 2. The fourth-order valence-electron chi connectivity index (χ4n) is 7.62. The number of allylic oxidation sites excluding steroid dienone is 4. The van der Waals surface area contributed by atoms with Gasteiger partial charge in [0, 0.05) is 16.7 Å². The van der Waals surface area contributed by atoms with E-state index < -0.39 is 11.5 Å². The Morgan fingerprint density at radius 3 is 2.70 bits per heavy atom. The molecule has 0 aliphatic heterocycles. The van der Waals surface area contributed by atoms with Crippen LogP contribution in [-0.4, -0.2) is 28.7 Å². The van der Waals surface area contributed by atoms with E-state index in [9.17, 15) is 14.7 Å². The van der Waals surface area contributed by atoms with Gasteiger partial charge in [-0.15, -0.1) is 11.6 Å². The van der Waals surface area contributed by atoms with Crippen molar-refractivity contribution < 1.29 is 14.7 Å². The molecule has 0 aromatic heterocycles. The van der Waals surface area contributed by atoms with E-state index in [2.05, 4.69) is 27.7 Å². The zero-order valence-electron chi connectivity index (χ0n) is 16.8. The summed E-state index contributed by atoms with van der Waals surface area (Å²) in [6.45, 7) is 8.68. The highest BCUT2D eigenvalue weighted by Crippen LogP contribution is 2.71. The highest BCUT2D eigenvalue weighted by molar-refractivity contribution is 6.28. The quantitative estimate of drug-likeness (QED) is 0.714. The van der Waals surface area contributed by atoms with Crippen LogP contribution in [0.15, 0.2) is 23.8 Å². The van der Waals surface area contributed by atoms with Crippen molar-refractivity contribution in [1.29, 1.82) is 0 Å². The van der Waals surface area contributed by atoms with Crippen LogP contribution in [0, 0.1) is 39.9 Å². The predicted molar refractivity (Wildman–Crippen MR) is 106 cm³/mol. The van der Waals surface area contributed by atoms with Crippen molar-refractivity contribution in [3.63, 3.8) is 0 Å². The van der Waals surface area contributed by atoms with Crippen molar-refractivity contribution in [2.45, 2.75) is 59.5 Å². The molecule has 1 N–H and O–H groups in total. The van der Waals surface area contributed by atoms with Crippen LogP contribution < -0.4 is 0 Å². The normalized spacial score (nSPS) is 51.3. The minimum Gasteiger partial charge on any atom is -0.393 e. The summed E-state index contributed by atoms with van der Waals surface area (Å²) >= 11 is 6.02. The Bertz CT molecular complexity index is 755. The van der Waals surface area contributed by atoms with Gasteiger partial charge in [0.1, 0.15) is 0 Å². The molecular formula is C23H31ClO3. The van der Waals surface area contributed by atoms with Gasteiger partial charge in [-0.1, -0.05) is 39.3 Å². The van der Waals surface area contributed by atoms with Gasteiger partial charge in [0.05, 0.1) is 12.0 Å². The van der Waals surface area contributed by atoms with Crippen LogP contribution in [0.5, 0.6) is 0 Å². The van der Waals surface area contributed by atoms with Gasteiger partial charge >= 0.3 is 0 Å². The molecule has 4 rings (SSSR count). The van der Waals surface area contributed by atoms with Crippen LogP contribution in [0.25, 0.3) is 0 Å². The maximum atomic E-state index is 12.9. The molecule has 0 heterocycles. The Balaban J connectivity index is 1.78. The second kappa shape index (κ2) is 6.03. The average Bonchev–Trinajstić information content (AvgIpc) is 2.82. The molecule has 0 spiro atoms. The van der Waals surface area contributed by atoms with E-state index in [1.165, 1.54) is 5.57 Å². The van der Waals surface area contributed by atoms with Crippen molar-refractivity contribution in [1.82, 2.24) is 0 Å². The lowest BCUT2D eigenvalue weighted by Gasteiger charge is -2.60. The first-order valence-electron chi connectivity index (χ1n) is 10.3. The highest BCUT2D eigenvalue weighted by atomic mass is 35.5. The average molecular weight is 391 g/mol. The zero-order valence-corrected chi connectivity index (χ0v) is 17.6. The molecule has 27 heavy (non-hydrogen) atoms. The maximum absolute atomic E-state index is 12.9. The molecule has 4 aliphatic rings. The Morgan fingerprint density at radius 2 is 2.04 bits per heavy atom. The summed E-state index contributed by atoms with van der Waals surface area (Å²) < 4.78 is 0. The van der Waals surface area contributed by atoms with Crippen molar-refractivity contribution in [2.75, 3.05) is 5.88 Å². The number of carbonyl (C=O) groups is 2. The minimum atomic E-state index is -0.485. The third-order valence-electron chi connectivity index (χ3n) is 9.37. The second-order valence-corrected chi connectivity index (χ2v) is 10.4. The summed E-state index contributed by atoms with van der Waals surface area (Å²) in [6.07, 6.45) is 8.56. The van der Waals surface area contributed by atoms with Gasteiger partial charge in [0.15, 0.2) is 11.6 Å². The summed E-state index contributed by atoms with van der Waals surface area (Å²) in [5, 5.41) is 11.4. The van der Waals surface area contributed by atoms with E-state index in [1.807, 2.05) is 6.08 Å². The number of hydrogen-bond acceptors (Lipinski definition) is 3. The van der Waals surface area contributed by atoms with Gasteiger partial charge in [-0.3, -0.25) is 9.59 Å². The number of aliphatic hydroxyl groups excluding tert-OH is 1. The molecule has 3 saturated carbocycles. The van der Waals surface area contributed by atoms with Gasteiger partial charge in [0.2, 0.25) is 0 Å². The highest BCUT2D eigenvalue weighted by Gasteiger charge is 2.68. The fourth-order valence-corrected chi connectivity index (χ4v) is 7.89. The van der Waals surface area contributed by atoms with Crippen LogP contribution in [0.2, 0.25) is 0 Å². The number of aliphatic hydroxyl groups is 1. The number of rotatable bonds is 2. The summed E-state index contributed by atoms with van der Waals surface area (Å²) in [5.41, 5.74) is 0.200. The summed E-state index contributed by atoms with van der Waals surface area (Å²) in [5.74, 6) is 1.37. The fraction of sp³-hybridized carbons (Fsp3) is 0.739. The summed E-state index contributed by atoms with van der Waals surface area (Å²) in [4.78, 5) is 24.8. The van der Waals surface area contributed by atoms with Gasteiger partial charge in [-0.25, -0.2) is 0 Å². The molecule has 0 unspecified atom stereocenters. The Labute approximate surface area is 167 Å². The van der Waals surface area contributed by atoms with E-state index in [-0.39, 0.29) is 40.1 Å². The van der Waals surface area contributed by atoms with Crippen LogP contribution >= 0.6 is 11.6 Å². The molecule has 0 bridgehead atoms. The Morgan fingerprint density at radius 1 is 1.33 bits per heavy atom. The second-order valence-electron chi connectivity index (χ2n) is 10.1. The van der Waals surface area contributed by atoms with Crippen LogP contribution in [0.4, 0.5) is 0 Å². The van der Waals surface area contributed by atoms with E-state index in [0.29, 0.717) is 18.3 Å². The lowest BCUT2D eigenvalue weighted by molar-refractivity contribution is -0.154. The molecule has 4 aliphatic carbocycles. The van der Waals surface area contributed by atoms with Crippen molar-refractivity contribution >= 4 is 23.2 Å². The van der Waals surface area contributed by atoms with Gasteiger partial charge in [0.25, 0.3) is 0 Å². The van der Waals surface area contributed by atoms with Crippen LogP contribution in [0.1, 0.15) is 53.4 Å². The minimum absolute atomic E-state index is 0.0444. The third-order valence-corrected chi connectivity index (χ3v) is 9.61. The molecule has 0 aromatic rings. The van der Waals surface area contributed by atoms with E-state index in [0.717, 1.165) is 19.3 Å². The molecule has 3 fully saturated rings. The molecule has 148 valence electrons. The summed E-state index contributed by atoms with van der Waals surface area (Å²) in [6, 6.07) is 0. The van der Waals surface area contributed by atoms with Gasteiger partial charge in [-0.05, 0) is 61.0 Å². The topological polar surface area (TPSA) is 54.4 Å². The smallest absolute Gasteiger partial charge is 0.178 e. The lowest BCUT2D eigenvalue weighted by Crippen LogP contribution is -2.58. The Kier molecular flexibility index (Phi) is 4.33. The molecule has 0 aromatic carbocycles. The third kappa shape index (κ3) is 2.31. The standard InChI is InChI=1S/C23H31ClO3/c1-13-9-17-16-6-5-14-10-15(25)7-8-21(14,2)20(16)18(26)11-22(17,3)23(13,4)19(27)12-24/h7-8,10,13,16-18,20,26H,5-6,9,11-12H2,1-4H3/t13-,16+,17+,18+,20+,21+,22+,23-/m1/s1. The summed E-state index contributed by atoms with van der Waals surface area (Å²) in [7, 11) is 0. The zero-order chi connectivity index (χ0) is 19.8. The first kappa shape index (κ1) is 19.4. The molecule has 0 saturated heterocycles. The number of alkyl halides is 1. The maximum Gasteiger partial charge on any atom is 0.178 e. The van der Waals surface area contributed by atoms with Crippen LogP contribution in [-0.2, 0) is 9.59 Å². The van der Waals surface area contributed by atoms with Crippen LogP contribution in [0.3, 0.4) is 0 Å². The Hall–Kier alpha value is -0.930. The van der Waals surface area contributed by atoms with Gasteiger partial charge < -0.3 is 5.11 Å². The number of fused-ring (bicyclic) bond motifs is 5. The number of ketones is 2. The van der Waals surface area contributed by atoms with E-state index >= 15 is 0 Å². The SMILES string of the molecule is C[C@@H]1C[C@H]2[C@@H]3CCC4=CC(=O)C=C[C@]4(C)[C@@H]3[C@@H](O)C[C@]2(C)[C@@]1(C)C(=O)CCl.